The second-order valence-corrected chi connectivity index (χ2v) is 4.79. The SMILES string of the molecule is Nc1ccc(Nc2ccc(C(F)(F)F)cc2Br)cc1. The molecule has 2 aromatic carbocycles. The zero-order chi connectivity index (χ0) is 14.0. The number of nitrogen functional groups attached to an aromatic ring is 1. The van der Waals surface area contributed by atoms with Crippen molar-refractivity contribution in [1.29, 1.82) is 0 Å². The van der Waals surface area contributed by atoms with Crippen LogP contribution in [0.5, 0.6) is 0 Å². The van der Waals surface area contributed by atoms with Crippen LogP contribution in [0.2, 0.25) is 0 Å². The lowest BCUT2D eigenvalue weighted by Crippen LogP contribution is -2.05. The van der Waals surface area contributed by atoms with Gasteiger partial charge in [-0.2, -0.15) is 13.2 Å². The highest BCUT2D eigenvalue weighted by Gasteiger charge is 2.30. The molecule has 0 bridgehead atoms. The molecule has 2 nitrogen and oxygen atoms in total. The van der Waals surface area contributed by atoms with E-state index >= 15 is 0 Å². The molecule has 0 unspecified atom stereocenters. The Bertz CT molecular complexity index is 579. The highest BCUT2D eigenvalue weighted by atomic mass is 79.9. The van der Waals surface area contributed by atoms with Gasteiger partial charge in [-0.15, -0.1) is 0 Å². The first-order valence-electron chi connectivity index (χ1n) is 5.35. The molecule has 100 valence electrons. The molecule has 0 aliphatic carbocycles. The van der Waals surface area contributed by atoms with Crippen molar-refractivity contribution in [2.45, 2.75) is 6.18 Å². The third kappa shape index (κ3) is 3.41. The minimum Gasteiger partial charge on any atom is -0.399 e. The van der Waals surface area contributed by atoms with Gasteiger partial charge in [-0.1, -0.05) is 0 Å². The Morgan fingerprint density at radius 1 is 1.00 bits per heavy atom. The van der Waals surface area contributed by atoms with Crippen LogP contribution >= 0.6 is 15.9 Å². The molecular formula is C13H10BrF3N2. The summed E-state index contributed by atoms with van der Waals surface area (Å²) in [4.78, 5) is 0. The van der Waals surface area contributed by atoms with Gasteiger partial charge in [0.2, 0.25) is 0 Å². The maximum atomic E-state index is 12.5. The van der Waals surface area contributed by atoms with Crippen molar-refractivity contribution >= 4 is 33.0 Å². The van der Waals surface area contributed by atoms with Gasteiger partial charge in [0.05, 0.1) is 11.3 Å². The van der Waals surface area contributed by atoms with Gasteiger partial charge in [0.25, 0.3) is 0 Å². The van der Waals surface area contributed by atoms with Crippen molar-refractivity contribution in [3.63, 3.8) is 0 Å². The average molecular weight is 331 g/mol. The number of rotatable bonds is 2. The Morgan fingerprint density at radius 3 is 2.16 bits per heavy atom. The largest absolute Gasteiger partial charge is 0.416 e. The smallest absolute Gasteiger partial charge is 0.399 e. The van der Waals surface area contributed by atoms with E-state index in [4.69, 9.17) is 5.73 Å². The van der Waals surface area contributed by atoms with E-state index in [1.54, 1.807) is 24.3 Å². The van der Waals surface area contributed by atoms with Crippen LogP contribution in [0.15, 0.2) is 46.9 Å². The van der Waals surface area contributed by atoms with E-state index < -0.39 is 11.7 Å². The molecule has 0 spiro atoms. The molecule has 0 amide bonds. The summed E-state index contributed by atoms with van der Waals surface area (Å²) >= 11 is 3.12. The highest BCUT2D eigenvalue weighted by molar-refractivity contribution is 9.10. The minimum absolute atomic E-state index is 0.346. The van der Waals surface area contributed by atoms with Crippen LogP contribution in [0, 0.1) is 0 Å². The summed E-state index contributed by atoms with van der Waals surface area (Å²) in [5, 5.41) is 3.01. The number of hydrogen-bond acceptors (Lipinski definition) is 2. The Morgan fingerprint density at radius 2 is 1.63 bits per heavy atom. The zero-order valence-corrected chi connectivity index (χ0v) is 11.2. The molecule has 6 heteroatoms. The summed E-state index contributed by atoms with van der Waals surface area (Å²) in [6.07, 6.45) is -4.34. The molecule has 0 heterocycles. The first-order chi connectivity index (χ1) is 8.86. The van der Waals surface area contributed by atoms with Crippen molar-refractivity contribution in [2.24, 2.45) is 0 Å². The van der Waals surface area contributed by atoms with Crippen LogP contribution < -0.4 is 11.1 Å². The monoisotopic (exact) mass is 330 g/mol. The minimum atomic E-state index is -4.34. The summed E-state index contributed by atoms with van der Waals surface area (Å²) in [5.74, 6) is 0. The number of benzene rings is 2. The lowest BCUT2D eigenvalue weighted by atomic mass is 10.2. The summed E-state index contributed by atoms with van der Waals surface area (Å²) in [6.45, 7) is 0. The second kappa shape index (κ2) is 5.13. The molecule has 0 aromatic heterocycles. The third-order valence-electron chi connectivity index (χ3n) is 2.49. The maximum Gasteiger partial charge on any atom is 0.416 e. The van der Waals surface area contributed by atoms with E-state index in [1.807, 2.05) is 0 Å². The van der Waals surface area contributed by atoms with Crippen LogP contribution in [0.4, 0.5) is 30.2 Å². The van der Waals surface area contributed by atoms with Gasteiger partial charge in [0, 0.05) is 15.8 Å². The Labute approximate surface area is 116 Å². The Kier molecular flexibility index (Phi) is 3.71. The van der Waals surface area contributed by atoms with Crippen LogP contribution in [-0.4, -0.2) is 0 Å². The molecule has 3 N–H and O–H groups in total. The zero-order valence-electron chi connectivity index (χ0n) is 9.63. The summed E-state index contributed by atoms with van der Waals surface area (Å²) in [6, 6.07) is 10.4. The molecule has 19 heavy (non-hydrogen) atoms. The van der Waals surface area contributed by atoms with Gasteiger partial charge in [0.1, 0.15) is 0 Å². The summed E-state index contributed by atoms with van der Waals surface area (Å²) in [7, 11) is 0. The van der Waals surface area contributed by atoms with Crippen LogP contribution in [0.3, 0.4) is 0 Å². The number of nitrogens with two attached hydrogens (primary N) is 1. The van der Waals surface area contributed by atoms with Crippen molar-refractivity contribution < 1.29 is 13.2 Å². The number of anilines is 3. The molecule has 0 aliphatic rings. The molecule has 0 saturated carbocycles. The lowest BCUT2D eigenvalue weighted by molar-refractivity contribution is -0.137. The van der Waals surface area contributed by atoms with Crippen molar-refractivity contribution in [3.05, 3.63) is 52.5 Å². The van der Waals surface area contributed by atoms with Gasteiger partial charge >= 0.3 is 6.18 Å². The van der Waals surface area contributed by atoms with Crippen LogP contribution in [0.25, 0.3) is 0 Å². The molecule has 0 saturated heterocycles. The molecular weight excluding hydrogens is 321 g/mol. The maximum absolute atomic E-state index is 12.5. The summed E-state index contributed by atoms with van der Waals surface area (Å²) in [5.41, 5.74) is 6.78. The fourth-order valence-electron chi connectivity index (χ4n) is 1.51. The second-order valence-electron chi connectivity index (χ2n) is 3.94. The fourth-order valence-corrected chi connectivity index (χ4v) is 1.99. The van der Waals surface area contributed by atoms with Crippen LogP contribution in [-0.2, 0) is 6.18 Å². The highest BCUT2D eigenvalue weighted by Crippen LogP contribution is 2.34. The van der Waals surface area contributed by atoms with Gasteiger partial charge in [-0.25, -0.2) is 0 Å². The van der Waals surface area contributed by atoms with E-state index in [-0.39, 0.29) is 0 Å². The molecule has 0 fully saturated rings. The molecule has 2 aromatic rings. The standard InChI is InChI=1S/C13H10BrF3N2/c14-11-7-8(13(15,16)17)1-6-12(11)19-10-4-2-9(18)3-5-10/h1-7,19H,18H2. The first kappa shape index (κ1) is 13.7. The number of hydrogen-bond donors (Lipinski definition) is 2. The predicted octanol–water partition coefficient (Wildman–Crippen LogP) is 4.79. The molecule has 0 atom stereocenters. The third-order valence-corrected chi connectivity index (χ3v) is 3.14. The van der Waals surface area contributed by atoms with E-state index in [0.717, 1.165) is 17.8 Å². The van der Waals surface area contributed by atoms with Crippen molar-refractivity contribution in [2.75, 3.05) is 11.1 Å². The topological polar surface area (TPSA) is 38.0 Å². The van der Waals surface area contributed by atoms with E-state index in [0.29, 0.717) is 15.8 Å². The molecule has 0 aliphatic heterocycles. The predicted molar refractivity (Wildman–Crippen MR) is 73.3 cm³/mol. The lowest BCUT2D eigenvalue weighted by Gasteiger charge is -2.12. The first-order valence-corrected chi connectivity index (χ1v) is 6.15. The normalized spacial score (nSPS) is 11.4. The van der Waals surface area contributed by atoms with Crippen molar-refractivity contribution in [3.8, 4) is 0 Å². The van der Waals surface area contributed by atoms with E-state index in [2.05, 4.69) is 21.2 Å². The van der Waals surface area contributed by atoms with Crippen molar-refractivity contribution in [1.82, 2.24) is 0 Å². The number of alkyl halides is 3. The number of halogens is 4. The molecule has 0 radical (unpaired) electrons. The van der Waals surface area contributed by atoms with E-state index in [1.165, 1.54) is 6.07 Å². The van der Waals surface area contributed by atoms with Crippen LogP contribution in [0.1, 0.15) is 5.56 Å². The summed E-state index contributed by atoms with van der Waals surface area (Å²) < 4.78 is 37.9. The van der Waals surface area contributed by atoms with Gasteiger partial charge in [-0.3, -0.25) is 0 Å². The Balaban J connectivity index is 2.24. The van der Waals surface area contributed by atoms with Gasteiger partial charge < -0.3 is 11.1 Å². The fraction of sp³-hybridized carbons (Fsp3) is 0.0769. The van der Waals surface area contributed by atoms with E-state index in [9.17, 15) is 13.2 Å². The van der Waals surface area contributed by atoms with Gasteiger partial charge in [-0.05, 0) is 58.4 Å². The quantitative estimate of drug-likeness (QED) is 0.776. The average Bonchev–Trinajstić information content (AvgIpc) is 2.33. The Hall–Kier alpha value is -1.69. The molecule has 2 rings (SSSR count). The number of nitrogens with one attached hydrogen (secondary N) is 1. The van der Waals surface area contributed by atoms with Gasteiger partial charge in [0.15, 0.2) is 0 Å².